The Kier molecular flexibility index (Phi) is 5.23. The first-order chi connectivity index (χ1) is 13.1. The molecule has 27 heavy (non-hydrogen) atoms. The maximum absolute atomic E-state index is 3.96. The number of H-pyrrole nitrogens is 1. The SMILES string of the molecule is C=C/C=C1\C(=C/C)c2[nH]c3ccccc3c2-c2ccccc2C1(C)C.CC. The summed E-state index contributed by atoms with van der Waals surface area (Å²) in [6.45, 7) is 14.7. The Morgan fingerprint density at radius 3 is 2.33 bits per heavy atom. The number of rotatable bonds is 1. The predicted molar refractivity (Wildman–Crippen MR) is 120 cm³/mol. The van der Waals surface area contributed by atoms with Crippen LogP contribution in [0.2, 0.25) is 0 Å². The van der Waals surface area contributed by atoms with Gasteiger partial charge in [0.1, 0.15) is 0 Å². The van der Waals surface area contributed by atoms with Gasteiger partial charge in [0.25, 0.3) is 0 Å². The number of fused-ring (bicyclic) bond motifs is 5. The van der Waals surface area contributed by atoms with E-state index in [1.807, 2.05) is 19.9 Å². The molecule has 0 unspecified atom stereocenters. The molecule has 138 valence electrons. The quantitative estimate of drug-likeness (QED) is 0.461. The van der Waals surface area contributed by atoms with Gasteiger partial charge in [-0.15, -0.1) is 0 Å². The van der Waals surface area contributed by atoms with Crippen LogP contribution in [-0.2, 0) is 5.41 Å². The summed E-state index contributed by atoms with van der Waals surface area (Å²) >= 11 is 0. The number of benzene rings is 2. The van der Waals surface area contributed by atoms with E-state index in [1.165, 1.54) is 44.4 Å². The molecule has 0 atom stereocenters. The van der Waals surface area contributed by atoms with Crippen LogP contribution in [0.5, 0.6) is 0 Å². The van der Waals surface area contributed by atoms with E-state index in [4.69, 9.17) is 0 Å². The summed E-state index contributed by atoms with van der Waals surface area (Å²) in [5.74, 6) is 0. The second kappa shape index (κ2) is 7.44. The molecule has 3 aromatic rings. The zero-order chi connectivity index (χ0) is 19.6. The van der Waals surface area contributed by atoms with Gasteiger partial charge in [0.15, 0.2) is 0 Å². The van der Waals surface area contributed by atoms with Crippen LogP contribution in [-0.4, -0.2) is 4.98 Å². The van der Waals surface area contributed by atoms with E-state index in [0.717, 1.165) is 0 Å². The van der Waals surface area contributed by atoms with Crippen molar-refractivity contribution in [2.45, 2.75) is 40.0 Å². The van der Waals surface area contributed by atoms with Crippen molar-refractivity contribution in [3.05, 3.63) is 90.2 Å². The van der Waals surface area contributed by atoms with Crippen LogP contribution in [0, 0.1) is 0 Å². The van der Waals surface area contributed by atoms with Crippen LogP contribution < -0.4 is 0 Å². The highest BCUT2D eigenvalue weighted by Crippen LogP contribution is 2.51. The Bertz CT molecular complexity index is 1040. The summed E-state index contributed by atoms with van der Waals surface area (Å²) in [6, 6.07) is 17.4. The van der Waals surface area contributed by atoms with E-state index >= 15 is 0 Å². The average Bonchev–Trinajstić information content (AvgIpc) is 3.05. The number of aromatic amines is 1. The fourth-order valence-electron chi connectivity index (χ4n) is 4.20. The van der Waals surface area contributed by atoms with Gasteiger partial charge in [-0.25, -0.2) is 0 Å². The van der Waals surface area contributed by atoms with Gasteiger partial charge in [0, 0.05) is 21.9 Å². The minimum Gasteiger partial charge on any atom is -0.354 e. The number of para-hydroxylation sites is 1. The first-order valence-electron chi connectivity index (χ1n) is 9.80. The Labute approximate surface area is 163 Å². The van der Waals surface area contributed by atoms with Gasteiger partial charge < -0.3 is 4.98 Å². The number of hydrogen-bond acceptors (Lipinski definition) is 0. The normalized spacial score (nSPS) is 17.7. The van der Waals surface area contributed by atoms with Crippen LogP contribution >= 0.6 is 0 Å². The van der Waals surface area contributed by atoms with Crippen LogP contribution in [0.4, 0.5) is 0 Å². The van der Waals surface area contributed by atoms with Crippen molar-refractivity contribution < 1.29 is 0 Å². The number of allylic oxidation sites excluding steroid dienone is 5. The number of aromatic nitrogens is 1. The molecule has 0 spiro atoms. The van der Waals surface area contributed by atoms with E-state index in [9.17, 15) is 0 Å². The van der Waals surface area contributed by atoms with Crippen molar-refractivity contribution in [3.63, 3.8) is 0 Å². The van der Waals surface area contributed by atoms with E-state index in [-0.39, 0.29) is 5.41 Å². The van der Waals surface area contributed by atoms with Crippen molar-refractivity contribution >= 4 is 16.5 Å². The van der Waals surface area contributed by atoms with E-state index in [2.05, 4.69) is 93.0 Å². The third-order valence-corrected chi connectivity index (χ3v) is 5.38. The van der Waals surface area contributed by atoms with Gasteiger partial charge in [0.2, 0.25) is 0 Å². The van der Waals surface area contributed by atoms with Gasteiger partial charge in [-0.2, -0.15) is 0 Å². The van der Waals surface area contributed by atoms with Crippen molar-refractivity contribution in [2.75, 3.05) is 0 Å². The lowest BCUT2D eigenvalue weighted by molar-refractivity contribution is 0.647. The molecule has 4 rings (SSSR count). The Morgan fingerprint density at radius 1 is 0.963 bits per heavy atom. The lowest BCUT2D eigenvalue weighted by Crippen LogP contribution is -2.21. The molecule has 0 saturated heterocycles. The van der Waals surface area contributed by atoms with E-state index < -0.39 is 0 Å². The zero-order valence-corrected chi connectivity index (χ0v) is 17.1. The molecule has 0 bridgehead atoms. The minimum atomic E-state index is -0.104. The molecule has 0 aliphatic heterocycles. The molecular formula is C26H29N. The topological polar surface area (TPSA) is 15.8 Å². The highest BCUT2D eigenvalue weighted by atomic mass is 14.7. The minimum absolute atomic E-state index is 0.104. The first-order valence-corrected chi connectivity index (χ1v) is 9.80. The van der Waals surface area contributed by atoms with Crippen LogP contribution in [0.25, 0.3) is 27.6 Å². The molecule has 1 nitrogen and oxygen atoms in total. The maximum atomic E-state index is 3.96. The number of nitrogens with one attached hydrogen (secondary N) is 1. The Balaban J connectivity index is 0.00000102. The van der Waals surface area contributed by atoms with Crippen LogP contribution in [0.3, 0.4) is 0 Å². The van der Waals surface area contributed by atoms with Crippen molar-refractivity contribution in [1.82, 2.24) is 4.98 Å². The fraction of sp³-hybridized carbons (Fsp3) is 0.231. The molecule has 1 heteroatoms. The van der Waals surface area contributed by atoms with E-state index in [0.29, 0.717) is 0 Å². The van der Waals surface area contributed by atoms with Crippen LogP contribution in [0.1, 0.15) is 45.9 Å². The van der Waals surface area contributed by atoms with Crippen molar-refractivity contribution in [2.24, 2.45) is 0 Å². The largest absolute Gasteiger partial charge is 0.354 e. The second-order valence-electron chi connectivity index (χ2n) is 7.11. The maximum Gasteiger partial charge on any atom is 0.0544 e. The summed E-state index contributed by atoms with van der Waals surface area (Å²) in [4.78, 5) is 3.68. The van der Waals surface area contributed by atoms with Gasteiger partial charge in [-0.1, -0.05) is 95.0 Å². The summed E-state index contributed by atoms with van der Waals surface area (Å²) in [5.41, 5.74) is 8.80. The first kappa shape index (κ1) is 19.0. The molecular weight excluding hydrogens is 326 g/mol. The van der Waals surface area contributed by atoms with Crippen molar-refractivity contribution in [1.29, 1.82) is 0 Å². The molecule has 1 N–H and O–H groups in total. The molecule has 1 aromatic heterocycles. The summed E-state index contributed by atoms with van der Waals surface area (Å²) in [5, 5.41) is 1.28. The molecule has 1 heterocycles. The van der Waals surface area contributed by atoms with Crippen molar-refractivity contribution in [3.8, 4) is 11.1 Å². The highest BCUT2D eigenvalue weighted by Gasteiger charge is 2.36. The second-order valence-corrected chi connectivity index (χ2v) is 7.11. The van der Waals surface area contributed by atoms with E-state index in [1.54, 1.807) is 0 Å². The molecule has 0 saturated carbocycles. The lowest BCUT2D eigenvalue weighted by Gasteiger charge is -2.29. The van der Waals surface area contributed by atoms with Gasteiger partial charge in [-0.05, 0) is 35.3 Å². The molecule has 2 aromatic carbocycles. The highest BCUT2D eigenvalue weighted by molar-refractivity contribution is 6.06. The summed E-state index contributed by atoms with van der Waals surface area (Å²) < 4.78 is 0. The predicted octanol–water partition coefficient (Wildman–Crippen LogP) is 7.67. The number of hydrogen-bond donors (Lipinski definition) is 1. The fourth-order valence-corrected chi connectivity index (χ4v) is 4.20. The third-order valence-electron chi connectivity index (χ3n) is 5.38. The molecule has 0 radical (unpaired) electrons. The Morgan fingerprint density at radius 2 is 1.63 bits per heavy atom. The standard InChI is InChI=1S/C24H23N.C2H6/c1-5-11-19-16(6-2)23-22(18-13-8-10-15-21(18)25-23)17-12-7-9-14-20(17)24(19,3)4;1-2/h5-15,25H,1H2,2-4H3;1-2H3/b16-6+,19-11+;. The molecule has 1 aliphatic rings. The van der Waals surface area contributed by atoms with Crippen LogP contribution in [0.15, 0.2) is 78.9 Å². The molecule has 0 fully saturated rings. The zero-order valence-electron chi connectivity index (χ0n) is 17.1. The molecule has 1 aliphatic carbocycles. The van der Waals surface area contributed by atoms with Gasteiger partial charge in [-0.3, -0.25) is 0 Å². The van der Waals surface area contributed by atoms with Gasteiger partial charge in [0.05, 0.1) is 5.69 Å². The summed E-state index contributed by atoms with van der Waals surface area (Å²) in [6.07, 6.45) is 6.28. The Hall–Kier alpha value is -2.80. The average molecular weight is 356 g/mol. The lowest BCUT2D eigenvalue weighted by atomic mass is 9.74. The monoisotopic (exact) mass is 355 g/mol. The molecule has 0 amide bonds. The summed E-state index contributed by atoms with van der Waals surface area (Å²) in [7, 11) is 0. The smallest absolute Gasteiger partial charge is 0.0544 e. The van der Waals surface area contributed by atoms with Gasteiger partial charge >= 0.3 is 0 Å². The third kappa shape index (κ3) is 2.88.